The molecule has 3 saturated heterocycles. The molecule has 1 aromatic heterocycles. The molecular formula is C26H31N3O8S. The Morgan fingerprint density at radius 3 is 2.16 bits per heavy atom. The van der Waals surface area contributed by atoms with E-state index in [9.17, 15) is 23.1 Å². The number of hydrogen-bond acceptors (Lipinski definition) is 9. The maximum absolute atomic E-state index is 13.2. The molecule has 204 valence electrons. The number of aliphatic hydroxyl groups is 1. The molecular weight excluding hydrogens is 514 g/mol. The molecule has 1 atom stereocenters. The van der Waals surface area contributed by atoms with Gasteiger partial charge in [0.25, 0.3) is 11.7 Å². The highest BCUT2D eigenvalue weighted by molar-refractivity contribution is 7.89. The molecule has 11 nitrogen and oxygen atoms in total. The number of likely N-dealkylation sites (tertiary alicyclic amines) is 1. The van der Waals surface area contributed by atoms with Crippen LogP contribution in [0.3, 0.4) is 0 Å². The summed E-state index contributed by atoms with van der Waals surface area (Å²) in [5.74, 6) is -0.932. The number of furan rings is 1. The quantitative estimate of drug-likeness (QED) is 0.311. The van der Waals surface area contributed by atoms with Crippen molar-refractivity contribution < 1.29 is 37.0 Å². The summed E-state index contributed by atoms with van der Waals surface area (Å²) in [6, 6.07) is 8.19. The molecule has 0 unspecified atom stereocenters. The van der Waals surface area contributed by atoms with Gasteiger partial charge in [-0.3, -0.25) is 14.5 Å². The van der Waals surface area contributed by atoms with Gasteiger partial charge in [-0.2, -0.15) is 4.31 Å². The number of hydrogen-bond donors (Lipinski definition) is 1. The Hall–Kier alpha value is -3.03. The largest absolute Gasteiger partial charge is 0.507 e. The molecule has 3 aliphatic rings. The third kappa shape index (κ3) is 5.14. The number of ether oxygens (including phenoxy) is 2. The van der Waals surface area contributed by atoms with E-state index in [1.54, 1.807) is 19.1 Å². The van der Waals surface area contributed by atoms with Crippen molar-refractivity contribution in [3.8, 4) is 0 Å². The van der Waals surface area contributed by atoms with Crippen LogP contribution in [-0.4, -0.2) is 105 Å². The van der Waals surface area contributed by atoms with Gasteiger partial charge in [0.2, 0.25) is 10.0 Å². The molecule has 12 heteroatoms. The summed E-state index contributed by atoms with van der Waals surface area (Å²) in [7, 11) is -3.72. The van der Waals surface area contributed by atoms with Gasteiger partial charge in [0.15, 0.2) is 0 Å². The van der Waals surface area contributed by atoms with Crippen LogP contribution >= 0.6 is 0 Å². The highest BCUT2D eigenvalue weighted by Crippen LogP contribution is 2.40. The number of ketones is 1. The maximum atomic E-state index is 13.2. The SMILES string of the molecule is Cc1ccc([C@@H]2C(=C(O)c3ccc(S(=O)(=O)N4CCOCC4)cc3)C(=O)C(=O)N2CCN2CCOCC2)o1. The van der Waals surface area contributed by atoms with Crippen molar-refractivity contribution in [3.63, 3.8) is 0 Å². The zero-order valence-electron chi connectivity index (χ0n) is 21.2. The highest BCUT2D eigenvalue weighted by atomic mass is 32.2. The minimum atomic E-state index is -3.72. The first-order chi connectivity index (χ1) is 18.3. The van der Waals surface area contributed by atoms with Crippen molar-refractivity contribution in [2.45, 2.75) is 17.9 Å². The van der Waals surface area contributed by atoms with Crippen molar-refractivity contribution in [1.29, 1.82) is 0 Å². The van der Waals surface area contributed by atoms with E-state index < -0.39 is 27.8 Å². The first kappa shape index (κ1) is 26.6. The minimum absolute atomic E-state index is 0.0696. The number of amides is 1. The summed E-state index contributed by atoms with van der Waals surface area (Å²) in [5, 5.41) is 11.3. The van der Waals surface area contributed by atoms with E-state index in [1.807, 2.05) is 0 Å². The highest BCUT2D eigenvalue weighted by Gasteiger charge is 2.47. The van der Waals surface area contributed by atoms with Crippen LogP contribution in [0.4, 0.5) is 0 Å². The first-order valence-corrected chi connectivity index (χ1v) is 14.0. The average molecular weight is 546 g/mol. The van der Waals surface area contributed by atoms with Crippen LogP contribution in [0, 0.1) is 6.92 Å². The van der Waals surface area contributed by atoms with Gasteiger partial charge in [-0.1, -0.05) is 0 Å². The molecule has 3 fully saturated rings. The van der Waals surface area contributed by atoms with E-state index in [0.29, 0.717) is 44.5 Å². The third-order valence-electron chi connectivity index (χ3n) is 7.07. The molecule has 1 aromatic carbocycles. The lowest BCUT2D eigenvalue weighted by Gasteiger charge is -2.30. The number of carbonyl (C=O) groups excluding carboxylic acids is 2. The Labute approximate surface area is 221 Å². The number of carbonyl (C=O) groups is 2. The summed E-state index contributed by atoms with van der Waals surface area (Å²) < 4.78 is 43.7. The number of aryl methyl sites for hydroxylation is 1. The third-order valence-corrected chi connectivity index (χ3v) is 8.98. The van der Waals surface area contributed by atoms with E-state index >= 15 is 0 Å². The van der Waals surface area contributed by atoms with E-state index in [2.05, 4.69) is 4.90 Å². The summed E-state index contributed by atoms with van der Waals surface area (Å²) in [5.41, 5.74) is 0.139. The topological polar surface area (TPSA) is 130 Å². The number of morpholine rings is 2. The molecule has 1 amide bonds. The Morgan fingerprint density at radius 1 is 0.921 bits per heavy atom. The van der Waals surface area contributed by atoms with E-state index in [1.165, 1.54) is 33.5 Å². The summed E-state index contributed by atoms with van der Waals surface area (Å²) >= 11 is 0. The Bertz CT molecular complexity index is 1320. The maximum Gasteiger partial charge on any atom is 0.295 e. The van der Waals surface area contributed by atoms with Crippen molar-refractivity contribution in [1.82, 2.24) is 14.1 Å². The van der Waals surface area contributed by atoms with Crippen molar-refractivity contribution in [2.24, 2.45) is 0 Å². The second-order valence-corrected chi connectivity index (χ2v) is 11.4. The molecule has 0 aliphatic carbocycles. The standard InChI is InChI=1S/C26H31N3O8S/c1-18-2-7-21(37-18)23-22(25(31)26(32)29(23)9-8-27-10-14-35-15-11-27)24(30)19-3-5-20(6-4-19)38(33,34)28-12-16-36-17-13-28/h2-7,23,30H,8-17H2,1H3/t23-/m1/s1. The monoisotopic (exact) mass is 545 g/mol. The van der Waals surface area contributed by atoms with Gasteiger partial charge in [-0.25, -0.2) is 8.42 Å². The van der Waals surface area contributed by atoms with Crippen LogP contribution < -0.4 is 0 Å². The number of rotatable bonds is 7. The lowest BCUT2D eigenvalue weighted by atomic mass is 9.99. The molecule has 2 aromatic rings. The average Bonchev–Trinajstić information content (AvgIpc) is 3.48. The molecule has 0 radical (unpaired) electrons. The fraction of sp³-hybridized carbons (Fsp3) is 0.462. The summed E-state index contributed by atoms with van der Waals surface area (Å²) in [6.45, 7) is 6.43. The Kier molecular flexibility index (Phi) is 7.68. The number of sulfonamides is 1. The van der Waals surface area contributed by atoms with Crippen LogP contribution in [0.2, 0.25) is 0 Å². The predicted octanol–water partition coefficient (Wildman–Crippen LogP) is 1.36. The van der Waals surface area contributed by atoms with Gasteiger partial charge < -0.3 is 23.9 Å². The van der Waals surface area contributed by atoms with Gasteiger partial charge in [0, 0.05) is 44.8 Å². The fourth-order valence-electron chi connectivity index (χ4n) is 4.96. The number of nitrogens with zero attached hydrogens (tertiary/aromatic N) is 3. The van der Waals surface area contributed by atoms with Gasteiger partial charge in [0.05, 0.1) is 36.9 Å². The van der Waals surface area contributed by atoms with Crippen LogP contribution in [0.15, 0.2) is 51.3 Å². The van der Waals surface area contributed by atoms with Crippen molar-refractivity contribution in [2.75, 3.05) is 65.7 Å². The fourth-order valence-corrected chi connectivity index (χ4v) is 6.37. The number of benzene rings is 1. The van der Waals surface area contributed by atoms with Gasteiger partial charge in [-0.15, -0.1) is 0 Å². The first-order valence-electron chi connectivity index (χ1n) is 12.6. The lowest BCUT2D eigenvalue weighted by Crippen LogP contribution is -2.42. The Morgan fingerprint density at radius 2 is 1.55 bits per heavy atom. The van der Waals surface area contributed by atoms with Gasteiger partial charge >= 0.3 is 0 Å². The van der Waals surface area contributed by atoms with Gasteiger partial charge in [0.1, 0.15) is 23.3 Å². The zero-order valence-corrected chi connectivity index (χ0v) is 22.0. The molecule has 38 heavy (non-hydrogen) atoms. The van der Waals surface area contributed by atoms with Crippen LogP contribution in [0.1, 0.15) is 23.1 Å². The number of aliphatic hydroxyl groups excluding tert-OH is 1. The summed E-state index contributed by atoms with van der Waals surface area (Å²) in [6.07, 6.45) is 0. The molecule has 0 bridgehead atoms. The van der Waals surface area contributed by atoms with Crippen molar-refractivity contribution in [3.05, 3.63) is 59.1 Å². The van der Waals surface area contributed by atoms with E-state index in [-0.39, 0.29) is 41.4 Å². The summed E-state index contributed by atoms with van der Waals surface area (Å²) in [4.78, 5) is 30.0. The Balaban J connectivity index is 1.46. The lowest BCUT2D eigenvalue weighted by molar-refractivity contribution is -0.140. The molecule has 1 N–H and O–H groups in total. The molecule has 3 aliphatic heterocycles. The minimum Gasteiger partial charge on any atom is -0.507 e. The van der Waals surface area contributed by atoms with E-state index in [0.717, 1.165) is 13.1 Å². The molecule has 4 heterocycles. The van der Waals surface area contributed by atoms with Crippen LogP contribution in [-0.2, 0) is 29.1 Å². The second-order valence-electron chi connectivity index (χ2n) is 9.44. The number of Topliss-reactive ketones (excluding diaryl/α,β-unsaturated/α-hetero) is 1. The molecule has 0 saturated carbocycles. The second kappa shape index (κ2) is 11.0. The normalized spacial score (nSPS) is 23.3. The molecule has 5 rings (SSSR count). The van der Waals surface area contributed by atoms with E-state index in [4.69, 9.17) is 13.9 Å². The van der Waals surface area contributed by atoms with Crippen LogP contribution in [0.25, 0.3) is 5.76 Å². The predicted molar refractivity (Wildman–Crippen MR) is 136 cm³/mol. The van der Waals surface area contributed by atoms with Crippen LogP contribution in [0.5, 0.6) is 0 Å². The molecule has 0 spiro atoms. The smallest absolute Gasteiger partial charge is 0.295 e. The van der Waals surface area contributed by atoms with Gasteiger partial charge in [-0.05, 0) is 43.3 Å². The zero-order chi connectivity index (χ0) is 26.9. The van der Waals surface area contributed by atoms with Crippen molar-refractivity contribution >= 4 is 27.5 Å².